The number of carbonyl (C=O) groups excluding carboxylic acids is 1. The molecule has 0 spiro atoms. The highest BCUT2D eigenvalue weighted by molar-refractivity contribution is 5.96. The lowest BCUT2D eigenvalue weighted by Crippen LogP contribution is -2.33. The van der Waals surface area contributed by atoms with E-state index in [0.29, 0.717) is 30.1 Å². The summed E-state index contributed by atoms with van der Waals surface area (Å²) in [5.74, 6) is 1.11. The highest BCUT2D eigenvalue weighted by Gasteiger charge is 2.22. The van der Waals surface area contributed by atoms with E-state index in [1.54, 1.807) is 18.2 Å². The molecule has 1 atom stereocenters. The summed E-state index contributed by atoms with van der Waals surface area (Å²) >= 11 is 0. The molecule has 1 amide bonds. The van der Waals surface area contributed by atoms with Crippen LogP contribution in [-0.4, -0.2) is 24.1 Å². The van der Waals surface area contributed by atoms with E-state index in [9.17, 15) is 9.59 Å². The van der Waals surface area contributed by atoms with Crippen molar-refractivity contribution in [1.29, 1.82) is 0 Å². The lowest BCUT2D eigenvalue weighted by molar-refractivity contribution is 0.0920. The van der Waals surface area contributed by atoms with Gasteiger partial charge in [0.05, 0.1) is 19.3 Å². The summed E-state index contributed by atoms with van der Waals surface area (Å²) in [4.78, 5) is 28.0. The second kappa shape index (κ2) is 9.48. The molecule has 0 saturated heterocycles. The summed E-state index contributed by atoms with van der Waals surface area (Å²) in [5, 5.41) is 4.34. The highest BCUT2D eigenvalue weighted by Crippen LogP contribution is 2.33. The average molecular weight is 408 g/mol. The van der Waals surface area contributed by atoms with Gasteiger partial charge in [0, 0.05) is 5.39 Å². The molecule has 0 aliphatic heterocycles. The third kappa shape index (κ3) is 4.64. The van der Waals surface area contributed by atoms with Gasteiger partial charge in [0.2, 0.25) is 0 Å². The van der Waals surface area contributed by atoms with Crippen molar-refractivity contribution in [1.82, 2.24) is 10.3 Å². The van der Waals surface area contributed by atoms with Gasteiger partial charge < -0.3 is 19.8 Å². The van der Waals surface area contributed by atoms with Crippen molar-refractivity contribution in [2.24, 2.45) is 5.92 Å². The molecule has 30 heavy (non-hydrogen) atoms. The summed E-state index contributed by atoms with van der Waals surface area (Å²) in [6.45, 7) is 8.96. The van der Waals surface area contributed by atoms with Gasteiger partial charge in [-0.15, -0.1) is 0 Å². The van der Waals surface area contributed by atoms with Gasteiger partial charge in [-0.1, -0.05) is 38.1 Å². The molecule has 1 heterocycles. The third-order valence-electron chi connectivity index (χ3n) is 4.88. The van der Waals surface area contributed by atoms with Crippen molar-refractivity contribution in [3.63, 3.8) is 0 Å². The standard InChI is InChI=1S/C24H28N2O4/c1-5-29-20-12-11-17(14-21(20)30-6-2)22(15(3)4)26-24(28)19-13-16-9-7-8-10-18(16)23(27)25-19/h7-15,22H,5-6H2,1-4H3,(H,25,27)(H,26,28). The van der Waals surface area contributed by atoms with E-state index in [4.69, 9.17) is 9.47 Å². The molecule has 1 unspecified atom stereocenters. The number of H-pyrrole nitrogens is 1. The van der Waals surface area contributed by atoms with Crippen LogP contribution in [0.4, 0.5) is 0 Å². The van der Waals surface area contributed by atoms with Crippen LogP contribution in [0.2, 0.25) is 0 Å². The number of aromatic amines is 1. The molecule has 6 heteroatoms. The number of hydrogen-bond donors (Lipinski definition) is 2. The van der Waals surface area contributed by atoms with E-state index in [1.807, 2.05) is 58.0 Å². The summed E-state index contributed by atoms with van der Waals surface area (Å²) in [6, 6.07) is 14.3. The van der Waals surface area contributed by atoms with Crippen LogP contribution < -0.4 is 20.3 Å². The van der Waals surface area contributed by atoms with Crippen molar-refractivity contribution in [2.75, 3.05) is 13.2 Å². The van der Waals surface area contributed by atoms with Crippen LogP contribution in [0, 0.1) is 5.92 Å². The average Bonchev–Trinajstić information content (AvgIpc) is 2.73. The molecule has 3 rings (SSSR count). The Morgan fingerprint density at radius 1 is 1.00 bits per heavy atom. The van der Waals surface area contributed by atoms with Crippen molar-refractivity contribution in [3.8, 4) is 11.5 Å². The Morgan fingerprint density at radius 2 is 1.70 bits per heavy atom. The minimum absolute atomic E-state index is 0.119. The maximum atomic E-state index is 13.0. The summed E-state index contributed by atoms with van der Waals surface area (Å²) in [6.07, 6.45) is 0. The van der Waals surface area contributed by atoms with E-state index in [2.05, 4.69) is 10.3 Å². The van der Waals surface area contributed by atoms with E-state index in [0.717, 1.165) is 10.9 Å². The Hall–Kier alpha value is -3.28. The lowest BCUT2D eigenvalue weighted by Gasteiger charge is -2.24. The topological polar surface area (TPSA) is 80.4 Å². The van der Waals surface area contributed by atoms with Crippen molar-refractivity contribution in [3.05, 3.63) is 70.1 Å². The largest absolute Gasteiger partial charge is 0.490 e. The van der Waals surface area contributed by atoms with Gasteiger partial charge in [0.1, 0.15) is 5.69 Å². The maximum absolute atomic E-state index is 13.0. The lowest BCUT2D eigenvalue weighted by atomic mass is 9.95. The van der Waals surface area contributed by atoms with Crippen LogP contribution in [-0.2, 0) is 0 Å². The summed E-state index contributed by atoms with van der Waals surface area (Å²) in [7, 11) is 0. The molecule has 0 bridgehead atoms. The molecular formula is C24H28N2O4. The van der Waals surface area contributed by atoms with Crippen molar-refractivity contribution < 1.29 is 14.3 Å². The normalized spacial score (nSPS) is 12.0. The summed E-state index contributed by atoms with van der Waals surface area (Å²) in [5.41, 5.74) is 0.868. The van der Waals surface area contributed by atoms with Crippen LogP contribution >= 0.6 is 0 Å². The van der Waals surface area contributed by atoms with Gasteiger partial charge in [0.25, 0.3) is 11.5 Å². The molecule has 0 radical (unpaired) electrons. The number of ether oxygens (including phenoxy) is 2. The Morgan fingerprint density at radius 3 is 2.40 bits per heavy atom. The van der Waals surface area contributed by atoms with Crippen LogP contribution in [0.25, 0.3) is 10.8 Å². The first-order valence-electron chi connectivity index (χ1n) is 10.3. The van der Waals surface area contributed by atoms with Gasteiger partial charge in [-0.3, -0.25) is 9.59 Å². The van der Waals surface area contributed by atoms with Gasteiger partial charge in [-0.25, -0.2) is 0 Å². The number of hydrogen-bond acceptors (Lipinski definition) is 4. The number of carbonyl (C=O) groups is 1. The minimum atomic E-state index is -0.330. The fraction of sp³-hybridized carbons (Fsp3) is 0.333. The van der Waals surface area contributed by atoms with Crippen LogP contribution in [0.1, 0.15) is 49.8 Å². The SMILES string of the molecule is CCOc1ccc(C(NC(=O)c2cc3ccccc3c(=O)[nH]2)C(C)C)cc1OCC. The fourth-order valence-electron chi connectivity index (χ4n) is 3.45. The second-order valence-electron chi connectivity index (χ2n) is 7.37. The van der Waals surface area contributed by atoms with Crippen molar-refractivity contribution in [2.45, 2.75) is 33.7 Å². The fourth-order valence-corrected chi connectivity index (χ4v) is 3.45. The first kappa shape index (κ1) is 21.4. The zero-order valence-corrected chi connectivity index (χ0v) is 17.8. The van der Waals surface area contributed by atoms with Gasteiger partial charge in [-0.05, 0) is 55.0 Å². The Kier molecular flexibility index (Phi) is 6.77. The molecule has 2 aromatic carbocycles. The molecular weight excluding hydrogens is 380 g/mol. The molecule has 2 N–H and O–H groups in total. The van der Waals surface area contributed by atoms with Gasteiger partial charge >= 0.3 is 0 Å². The van der Waals surface area contributed by atoms with Crippen LogP contribution in [0.15, 0.2) is 53.3 Å². The predicted molar refractivity (Wildman–Crippen MR) is 118 cm³/mol. The first-order valence-corrected chi connectivity index (χ1v) is 10.3. The summed E-state index contributed by atoms with van der Waals surface area (Å²) < 4.78 is 11.4. The number of aromatic nitrogens is 1. The van der Waals surface area contributed by atoms with E-state index < -0.39 is 0 Å². The number of pyridine rings is 1. The number of nitrogens with one attached hydrogen (secondary N) is 2. The molecule has 1 aromatic heterocycles. The smallest absolute Gasteiger partial charge is 0.268 e. The quantitative estimate of drug-likeness (QED) is 0.577. The number of amides is 1. The third-order valence-corrected chi connectivity index (χ3v) is 4.88. The molecule has 0 saturated carbocycles. The Labute approximate surface area is 176 Å². The van der Waals surface area contributed by atoms with Crippen LogP contribution in [0.5, 0.6) is 11.5 Å². The van der Waals surface area contributed by atoms with Gasteiger partial charge in [0.15, 0.2) is 11.5 Å². The van der Waals surface area contributed by atoms with E-state index >= 15 is 0 Å². The molecule has 3 aromatic rings. The second-order valence-corrected chi connectivity index (χ2v) is 7.37. The molecule has 158 valence electrons. The number of benzene rings is 2. The Balaban J connectivity index is 1.91. The first-order chi connectivity index (χ1) is 14.4. The minimum Gasteiger partial charge on any atom is -0.490 e. The van der Waals surface area contributed by atoms with Gasteiger partial charge in [-0.2, -0.15) is 0 Å². The molecule has 0 aliphatic rings. The molecule has 0 fully saturated rings. The number of rotatable bonds is 8. The van der Waals surface area contributed by atoms with E-state index in [-0.39, 0.29) is 29.1 Å². The number of fused-ring (bicyclic) bond motifs is 1. The zero-order valence-electron chi connectivity index (χ0n) is 17.8. The Bertz CT molecular complexity index is 1090. The predicted octanol–water partition coefficient (Wildman–Crippen LogP) is 4.45. The van der Waals surface area contributed by atoms with Crippen molar-refractivity contribution >= 4 is 16.7 Å². The highest BCUT2D eigenvalue weighted by atomic mass is 16.5. The van der Waals surface area contributed by atoms with Crippen LogP contribution in [0.3, 0.4) is 0 Å². The molecule has 6 nitrogen and oxygen atoms in total. The monoisotopic (exact) mass is 408 g/mol. The maximum Gasteiger partial charge on any atom is 0.268 e. The van der Waals surface area contributed by atoms with E-state index in [1.165, 1.54) is 0 Å². The molecule has 0 aliphatic carbocycles. The zero-order chi connectivity index (χ0) is 21.7.